The van der Waals surface area contributed by atoms with Gasteiger partial charge < -0.3 is 10.2 Å². The summed E-state index contributed by atoms with van der Waals surface area (Å²) in [6, 6.07) is -0.883. The van der Waals surface area contributed by atoms with E-state index < -0.39 is 12.1 Å². The lowest BCUT2D eigenvalue weighted by Gasteiger charge is -2.37. The van der Waals surface area contributed by atoms with E-state index in [1.807, 2.05) is 25.7 Å². The van der Waals surface area contributed by atoms with Crippen LogP contribution in [0.25, 0.3) is 0 Å². The van der Waals surface area contributed by atoms with Crippen molar-refractivity contribution in [3.63, 3.8) is 0 Å². The average molecular weight is 298 g/mol. The summed E-state index contributed by atoms with van der Waals surface area (Å²) >= 11 is 0. The first-order valence-corrected chi connectivity index (χ1v) is 7.23. The molecule has 21 heavy (non-hydrogen) atoms. The van der Waals surface area contributed by atoms with Crippen molar-refractivity contribution in [1.29, 1.82) is 0 Å². The first kappa shape index (κ1) is 17.4. The molecule has 0 aromatic carbocycles. The summed E-state index contributed by atoms with van der Waals surface area (Å²) in [7, 11) is 0. The largest absolute Gasteiger partial charge is 0.340 e. The lowest BCUT2D eigenvalue weighted by molar-refractivity contribution is -0.132. The van der Waals surface area contributed by atoms with Gasteiger partial charge in [-0.2, -0.15) is 0 Å². The molecule has 2 N–H and O–H groups in total. The number of carbonyl (C=O) groups is 3. The fourth-order valence-electron chi connectivity index (χ4n) is 2.18. The van der Waals surface area contributed by atoms with Gasteiger partial charge in [-0.05, 0) is 27.7 Å². The summed E-state index contributed by atoms with van der Waals surface area (Å²) in [6.07, 6.45) is 0. The highest BCUT2D eigenvalue weighted by Gasteiger charge is 2.27. The number of nitrogens with one attached hydrogen (secondary N) is 2. The predicted octanol–water partition coefficient (Wildman–Crippen LogP) is 0.163. The Balaban J connectivity index is 2.45. The Labute approximate surface area is 126 Å². The number of piperazine rings is 1. The summed E-state index contributed by atoms with van der Waals surface area (Å²) in [6.45, 7) is 11.3. The van der Waals surface area contributed by atoms with Crippen LogP contribution in [0.1, 0.15) is 34.6 Å². The van der Waals surface area contributed by atoms with Crippen LogP contribution in [0.3, 0.4) is 0 Å². The van der Waals surface area contributed by atoms with E-state index in [4.69, 9.17) is 0 Å². The van der Waals surface area contributed by atoms with Crippen molar-refractivity contribution < 1.29 is 14.4 Å². The van der Waals surface area contributed by atoms with Gasteiger partial charge in [0.05, 0.1) is 6.04 Å². The fourth-order valence-corrected chi connectivity index (χ4v) is 2.18. The summed E-state index contributed by atoms with van der Waals surface area (Å²) in [5, 5.41) is 5.04. The van der Waals surface area contributed by atoms with Crippen LogP contribution in [-0.2, 0) is 9.59 Å². The zero-order valence-corrected chi connectivity index (χ0v) is 13.5. The van der Waals surface area contributed by atoms with Crippen LogP contribution in [0.15, 0.2) is 0 Å². The third-order valence-electron chi connectivity index (χ3n) is 3.41. The molecule has 1 unspecified atom stereocenters. The van der Waals surface area contributed by atoms with Gasteiger partial charge in [-0.1, -0.05) is 0 Å². The number of imide groups is 1. The minimum atomic E-state index is -0.485. The second-order valence-corrected chi connectivity index (χ2v) is 6.41. The zero-order valence-electron chi connectivity index (χ0n) is 13.5. The van der Waals surface area contributed by atoms with E-state index >= 15 is 0 Å². The minimum absolute atomic E-state index is 0.0521. The molecule has 7 heteroatoms. The molecular formula is C14H26N4O3. The molecule has 120 valence electrons. The highest BCUT2D eigenvalue weighted by molar-refractivity contribution is 5.97. The van der Waals surface area contributed by atoms with E-state index in [1.54, 1.807) is 18.7 Å². The van der Waals surface area contributed by atoms with Crippen LogP contribution >= 0.6 is 0 Å². The van der Waals surface area contributed by atoms with Crippen molar-refractivity contribution in [2.45, 2.75) is 46.2 Å². The topological polar surface area (TPSA) is 81.8 Å². The molecule has 1 saturated heterocycles. The van der Waals surface area contributed by atoms with E-state index in [-0.39, 0.29) is 17.4 Å². The standard InChI is InChI=1S/C14H26N4O3/c1-10(12(20)15-13(21)16-14(3,4)5)17-6-8-18(9-7-17)11(2)19/h10H,6-9H2,1-5H3,(H2,15,16,20,21). The van der Waals surface area contributed by atoms with Crippen molar-refractivity contribution in [1.82, 2.24) is 20.4 Å². The second kappa shape index (κ2) is 6.89. The SMILES string of the molecule is CC(=O)N1CCN(C(C)C(=O)NC(=O)NC(C)(C)C)CC1. The smallest absolute Gasteiger partial charge is 0.321 e. The number of carbonyl (C=O) groups excluding carboxylic acids is 3. The molecule has 0 aromatic heterocycles. The molecule has 0 saturated carbocycles. The highest BCUT2D eigenvalue weighted by Crippen LogP contribution is 2.07. The monoisotopic (exact) mass is 298 g/mol. The van der Waals surface area contributed by atoms with Crippen molar-refractivity contribution in [2.24, 2.45) is 0 Å². The quantitative estimate of drug-likeness (QED) is 0.761. The predicted molar refractivity (Wildman–Crippen MR) is 79.7 cm³/mol. The Hall–Kier alpha value is -1.63. The van der Waals surface area contributed by atoms with E-state index in [9.17, 15) is 14.4 Å². The number of rotatable bonds is 2. The molecule has 1 heterocycles. The van der Waals surface area contributed by atoms with Crippen LogP contribution in [0, 0.1) is 0 Å². The van der Waals surface area contributed by atoms with Gasteiger partial charge in [0.25, 0.3) is 0 Å². The van der Waals surface area contributed by atoms with Crippen molar-refractivity contribution in [2.75, 3.05) is 26.2 Å². The Bertz CT molecular complexity index is 409. The Kier molecular flexibility index (Phi) is 5.71. The van der Waals surface area contributed by atoms with Gasteiger partial charge in [-0.3, -0.25) is 19.8 Å². The van der Waals surface area contributed by atoms with Crippen molar-refractivity contribution in [3.8, 4) is 0 Å². The Morgan fingerprint density at radius 3 is 2.00 bits per heavy atom. The average Bonchev–Trinajstić information content (AvgIpc) is 2.35. The maximum atomic E-state index is 12.1. The third-order valence-corrected chi connectivity index (χ3v) is 3.41. The molecule has 7 nitrogen and oxygen atoms in total. The molecule has 1 rings (SSSR count). The molecule has 0 aromatic rings. The number of amides is 4. The van der Waals surface area contributed by atoms with Gasteiger partial charge in [-0.15, -0.1) is 0 Å². The number of hydrogen-bond acceptors (Lipinski definition) is 4. The van der Waals surface area contributed by atoms with Gasteiger partial charge in [0.15, 0.2) is 0 Å². The summed E-state index contributed by atoms with van der Waals surface area (Å²) in [5.41, 5.74) is -0.388. The van der Waals surface area contributed by atoms with Gasteiger partial charge in [0.2, 0.25) is 11.8 Å². The van der Waals surface area contributed by atoms with E-state index in [0.717, 1.165) is 0 Å². The fraction of sp³-hybridized carbons (Fsp3) is 0.786. The first-order chi connectivity index (χ1) is 9.60. The third kappa shape index (κ3) is 5.71. The molecular weight excluding hydrogens is 272 g/mol. The minimum Gasteiger partial charge on any atom is -0.340 e. The molecule has 0 bridgehead atoms. The van der Waals surface area contributed by atoms with Crippen LogP contribution in [-0.4, -0.2) is 65.4 Å². The maximum Gasteiger partial charge on any atom is 0.321 e. The highest BCUT2D eigenvalue weighted by atomic mass is 16.2. The molecule has 0 aliphatic carbocycles. The summed E-state index contributed by atoms with van der Waals surface area (Å²) < 4.78 is 0. The molecule has 1 atom stereocenters. The molecule has 0 radical (unpaired) electrons. The van der Waals surface area contributed by atoms with Crippen LogP contribution in [0.5, 0.6) is 0 Å². The maximum absolute atomic E-state index is 12.1. The molecule has 1 fully saturated rings. The van der Waals surface area contributed by atoms with E-state index in [1.165, 1.54) is 0 Å². The lowest BCUT2D eigenvalue weighted by Crippen LogP contribution is -2.57. The molecule has 1 aliphatic heterocycles. The zero-order chi connectivity index (χ0) is 16.2. The molecule has 0 spiro atoms. The van der Waals surface area contributed by atoms with Gasteiger partial charge in [-0.25, -0.2) is 4.79 Å². The normalized spacial score (nSPS) is 18.0. The number of nitrogens with zero attached hydrogens (tertiary/aromatic N) is 2. The summed E-state index contributed by atoms with van der Waals surface area (Å²) in [5.74, 6) is -0.274. The van der Waals surface area contributed by atoms with Gasteiger partial charge >= 0.3 is 6.03 Å². The number of hydrogen-bond donors (Lipinski definition) is 2. The summed E-state index contributed by atoms with van der Waals surface area (Å²) in [4.78, 5) is 38.7. The second-order valence-electron chi connectivity index (χ2n) is 6.41. The number of urea groups is 1. The molecule has 4 amide bonds. The van der Waals surface area contributed by atoms with Crippen LogP contribution in [0.4, 0.5) is 4.79 Å². The Morgan fingerprint density at radius 2 is 1.57 bits per heavy atom. The van der Waals surface area contributed by atoms with Gasteiger partial charge in [0.1, 0.15) is 0 Å². The van der Waals surface area contributed by atoms with E-state index in [2.05, 4.69) is 10.6 Å². The van der Waals surface area contributed by atoms with E-state index in [0.29, 0.717) is 26.2 Å². The van der Waals surface area contributed by atoms with Crippen molar-refractivity contribution in [3.05, 3.63) is 0 Å². The van der Waals surface area contributed by atoms with Crippen molar-refractivity contribution >= 4 is 17.8 Å². The van der Waals surface area contributed by atoms with Crippen LogP contribution in [0.2, 0.25) is 0 Å². The van der Waals surface area contributed by atoms with Crippen LogP contribution < -0.4 is 10.6 Å². The lowest BCUT2D eigenvalue weighted by atomic mass is 10.1. The first-order valence-electron chi connectivity index (χ1n) is 7.23. The molecule has 1 aliphatic rings. The van der Waals surface area contributed by atoms with Gasteiger partial charge in [0, 0.05) is 38.6 Å². The Morgan fingerprint density at radius 1 is 1.05 bits per heavy atom.